The Hall–Kier alpha value is -1.35. The third kappa shape index (κ3) is 1.35. The molecule has 0 spiro atoms. The third-order valence-corrected chi connectivity index (χ3v) is 4.33. The summed E-state index contributed by atoms with van der Waals surface area (Å²) in [5.74, 6) is 2.42. The van der Waals surface area contributed by atoms with E-state index in [2.05, 4.69) is 27.4 Å². The van der Waals surface area contributed by atoms with Crippen molar-refractivity contribution in [1.29, 1.82) is 0 Å². The number of hydrogen-bond acceptors (Lipinski definition) is 2. The summed E-state index contributed by atoms with van der Waals surface area (Å²) in [4.78, 5) is 7.92. The number of aromatic amines is 1. The van der Waals surface area contributed by atoms with E-state index in [1.807, 2.05) is 6.92 Å². The monoisotopic (exact) mass is 227 g/mol. The molecule has 2 aliphatic heterocycles. The van der Waals surface area contributed by atoms with Crippen LogP contribution in [-0.4, -0.2) is 23.1 Å². The number of nitrogens with zero attached hydrogens (tertiary/aromatic N) is 1. The Kier molecular flexibility index (Phi) is 1.89. The summed E-state index contributed by atoms with van der Waals surface area (Å²) in [5.41, 5.74) is 5.44. The zero-order valence-electron chi connectivity index (χ0n) is 10.1. The highest BCUT2D eigenvalue weighted by molar-refractivity contribution is 5.78. The number of fused-ring (bicyclic) bond motifs is 4. The average Bonchev–Trinajstić information content (AvgIpc) is 2.52. The second kappa shape index (κ2) is 3.33. The van der Waals surface area contributed by atoms with Crippen LogP contribution in [0.1, 0.15) is 41.6 Å². The molecule has 3 heterocycles. The number of hydrogen-bond donors (Lipinski definition) is 2. The predicted molar refractivity (Wildman–Crippen MR) is 68.4 cm³/mol. The van der Waals surface area contributed by atoms with Gasteiger partial charge in [-0.3, -0.25) is 0 Å². The van der Waals surface area contributed by atoms with Gasteiger partial charge in [-0.15, -0.1) is 0 Å². The lowest BCUT2D eigenvalue weighted by atomic mass is 9.78. The highest BCUT2D eigenvalue weighted by atomic mass is 14.9. The molecule has 88 valence electrons. The van der Waals surface area contributed by atoms with Crippen molar-refractivity contribution in [3.8, 4) is 0 Å². The minimum absolute atomic E-state index is 0.699. The first kappa shape index (κ1) is 9.66. The maximum absolute atomic E-state index is 4.56. The molecule has 1 fully saturated rings. The van der Waals surface area contributed by atoms with Gasteiger partial charge in [-0.25, -0.2) is 4.98 Å². The molecular formula is C14H17N3. The van der Waals surface area contributed by atoms with Crippen molar-refractivity contribution >= 4 is 11.0 Å². The fraction of sp³-hybridized carbons (Fsp3) is 0.500. The van der Waals surface area contributed by atoms with Crippen molar-refractivity contribution in [1.82, 2.24) is 15.3 Å². The van der Waals surface area contributed by atoms with Crippen LogP contribution in [0.4, 0.5) is 0 Å². The molecule has 2 aromatic rings. The Morgan fingerprint density at radius 2 is 1.82 bits per heavy atom. The van der Waals surface area contributed by atoms with E-state index < -0.39 is 0 Å². The van der Waals surface area contributed by atoms with Gasteiger partial charge in [0.2, 0.25) is 0 Å². The Bertz CT molecular complexity index is 531. The molecule has 1 aromatic carbocycles. The molecule has 0 amide bonds. The minimum atomic E-state index is 0.699. The second-order valence-electron chi connectivity index (χ2n) is 5.45. The van der Waals surface area contributed by atoms with E-state index >= 15 is 0 Å². The normalized spacial score (nSPS) is 27.1. The van der Waals surface area contributed by atoms with Crippen LogP contribution >= 0.6 is 0 Å². The molecule has 2 atom stereocenters. The Labute approximate surface area is 101 Å². The zero-order valence-corrected chi connectivity index (χ0v) is 10.1. The lowest BCUT2D eigenvalue weighted by molar-refractivity contribution is 0.550. The summed E-state index contributed by atoms with van der Waals surface area (Å²) in [5, 5.41) is 3.58. The number of imidazole rings is 1. The molecule has 2 N–H and O–H groups in total. The van der Waals surface area contributed by atoms with Gasteiger partial charge in [0.15, 0.2) is 0 Å². The van der Waals surface area contributed by atoms with Crippen molar-refractivity contribution in [2.45, 2.75) is 31.6 Å². The molecule has 1 aliphatic carbocycles. The SMILES string of the molecule is Cc1nc2cc3c(cc2[nH]1)C1CCC3CNC1. The third-order valence-electron chi connectivity index (χ3n) is 4.33. The van der Waals surface area contributed by atoms with E-state index in [0.29, 0.717) is 11.8 Å². The quantitative estimate of drug-likeness (QED) is 0.725. The van der Waals surface area contributed by atoms with Gasteiger partial charge >= 0.3 is 0 Å². The van der Waals surface area contributed by atoms with Gasteiger partial charge in [0, 0.05) is 13.1 Å². The molecule has 3 heteroatoms. The van der Waals surface area contributed by atoms with Crippen LogP contribution in [-0.2, 0) is 0 Å². The highest BCUT2D eigenvalue weighted by Crippen LogP contribution is 2.41. The number of rotatable bonds is 0. The first-order valence-electron chi connectivity index (χ1n) is 6.52. The Balaban J connectivity index is 2.00. The van der Waals surface area contributed by atoms with Gasteiger partial charge in [0.25, 0.3) is 0 Å². The van der Waals surface area contributed by atoms with Crippen molar-refractivity contribution in [2.75, 3.05) is 13.1 Å². The molecule has 1 saturated heterocycles. The number of nitrogens with one attached hydrogen (secondary N) is 2. The van der Waals surface area contributed by atoms with Crippen LogP contribution in [0.15, 0.2) is 12.1 Å². The molecule has 3 nitrogen and oxygen atoms in total. The van der Waals surface area contributed by atoms with Gasteiger partial charge in [-0.2, -0.15) is 0 Å². The topological polar surface area (TPSA) is 40.7 Å². The molecule has 5 rings (SSSR count). The van der Waals surface area contributed by atoms with E-state index in [9.17, 15) is 0 Å². The molecule has 1 aromatic heterocycles. The van der Waals surface area contributed by atoms with E-state index in [0.717, 1.165) is 24.4 Å². The summed E-state index contributed by atoms with van der Waals surface area (Å²) in [6, 6.07) is 4.66. The van der Waals surface area contributed by atoms with Crippen LogP contribution in [0.3, 0.4) is 0 Å². The van der Waals surface area contributed by atoms with Crippen LogP contribution < -0.4 is 5.32 Å². The lowest BCUT2D eigenvalue weighted by Crippen LogP contribution is -2.18. The first-order valence-corrected chi connectivity index (χ1v) is 6.52. The van der Waals surface area contributed by atoms with Gasteiger partial charge in [0.1, 0.15) is 5.82 Å². The molecule has 2 bridgehead atoms. The highest BCUT2D eigenvalue weighted by Gasteiger charge is 2.30. The van der Waals surface area contributed by atoms with Crippen molar-refractivity contribution in [3.63, 3.8) is 0 Å². The standard InChI is InChI=1S/C14H17N3/c1-8-16-13-4-11-9-2-3-10(7-15-6-9)12(11)5-14(13)17-8/h4-5,9-10,15H,2-3,6-7H2,1H3,(H,16,17). The van der Waals surface area contributed by atoms with Crippen molar-refractivity contribution in [2.24, 2.45) is 0 Å². The molecule has 0 radical (unpaired) electrons. The summed E-state index contributed by atoms with van der Waals surface area (Å²) in [6.45, 7) is 4.31. The molecule has 0 saturated carbocycles. The fourth-order valence-electron chi connectivity index (χ4n) is 3.49. The largest absolute Gasteiger partial charge is 0.342 e. The van der Waals surface area contributed by atoms with Crippen LogP contribution in [0.25, 0.3) is 11.0 Å². The first-order chi connectivity index (χ1) is 8.31. The fourth-order valence-corrected chi connectivity index (χ4v) is 3.49. The smallest absolute Gasteiger partial charge is 0.104 e. The van der Waals surface area contributed by atoms with Gasteiger partial charge < -0.3 is 10.3 Å². The number of H-pyrrole nitrogens is 1. The zero-order chi connectivity index (χ0) is 11.4. The maximum atomic E-state index is 4.56. The average molecular weight is 227 g/mol. The van der Waals surface area contributed by atoms with Gasteiger partial charge in [-0.1, -0.05) is 0 Å². The Morgan fingerprint density at radius 1 is 1.12 bits per heavy atom. The van der Waals surface area contributed by atoms with Crippen molar-refractivity contribution in [3.05, 3.63) is 29.1 Å². The van der Waals surface area contributed by atoms with Crippen LogP contribution in [0, 0.1) is 6.92 Å². The maximum Gasteiger partial charge on any atom is 0.104 e. The number of benzene rings is 1. The predicted octanol–water partition coefficient (Wildman–Crippen LogP) is 2.44. The number of aryl methyl sites for hydroxylation is 1. The number of aromatic nitrogens is 2. The summed E-state index contributed by atoms with van der Waals surface area (Å²) < 4.78 is 0. The Morgan fingerprint density at radius 3 is 2.59 bits per heavy atom. The van der Waals surface area contributed by atoms with Crippen LogP contribution in [0.5, 0.6) is 0 Å². The molecule has 17 heavy (non-hydrogen) atoms. The lowest BCUT2D eigenvalue weighted by Gasteiger charge is -2.26. The van der Waals surface area contributed by atoms with E-state index in [1.54, 1.807) is 11.1 Å². The minimum Gasteiger partial charge on any atom is -0.342 e. The van der Waals surface area contributed by atoms with Crippen molar-refractivity contribution < 1.29 is 0 Å². The van der Waals surface area contributed by atoms with E-state index in [4.69, 9.17) is 0 Å². The van der Waals surface area contributed by atoms with Gasteiger partial charge in [-0.05, 0) is 54.9 Å². The van der Waals surface area contributed by atoms with E-state index in [1.165, 1.54) is 18.4 Å². The van der Waals surface area contributed by atoms with E-state index in [-0.39, 0.29) is 0 Å². The molecular weight excluding hydrogens is 210 g/mol. The second-order valence-corrected chi connectivity index (χ2v) is 5.45. The van der Waals surface area contributed by atoms with Gasteiger partial charge in [0.05, 0.1) is 11.0 Å². The summed E-state index contributed by atoms with van der Waals surface area (Å²) in [7, 11) is 0. The summed E-state index contributed by atoms with van der Waals surface area (Å²) >= 11 is 0. The summed E-state index contributed by atoms with van der Waals surface area (Å²) in [6.07, 6.45) is 2.67. The van der Waals surface area contributed by atoms with Crippen LogP contribution in [0.2, 0.25) is 0 Å². The molecule has 2 unspecified atom stereocenters. The molecule has 3 aliphatic rings.